The van der Waals surface area contributed by atoms with Gasteiger partial charge in [0.1, 0.15) is 6.07 Å². The third-order valence-electron chi connectivity index (χ3n) is 2.95. The number of rotatable bonds is 2. The van der Waals surface area contributed by atoms with Crippen LogP contribution >= 0.6 is 46.4 Å². The summed E-state index contributed by atoms with van der Waals surface area (Å²) in [5, 5.41) is 10.6. The van der Waals surface area contributed by atoms with E-state index in [9.17, 15) is 0 Å². The van der Waals surface area contributed by atoms with Gasteiger partial charge < -0.3 is 4.90 Å². The van der Waals surface area contributed by atoms with Crippen LogP contribution in [0.4, 0.5) is 5.69 Å². The van der Waals surface area contributed by atoms with E-state index in [2.05, 4.69) is 0 Å². The summed E-state index contributed by atoms with van der Waals surface area (Å²) in [6.45, 7) is 0. The molecule has 0 aromatic heterocycles. The minimum atomic E-state index is 0.254. The van der Waals surface area contributed by atoms with Crippen LogP contribution < -0.4 is 4.90 Å². The average Bonchev–Trinajstić information content (AvgIpc) is 2.36. The van der Waals surface area contributed by atoms with Crippen molar-refractivity contribution in [2.75, 3.05) is 19.0 Å². The van der Waals surface area contributed by atoms with Crippen LogP contribution in [0.2, 0.25) is 20.1 Å². The molecule has 0 unspecified atom stereocenters. The maximum Gasteiger partial charge on any atom is 0.102 e. The normalized spacial score (nSPS) is 10.3. The fraction of sp³-hybridized carbons (Fsp3) is 0.133. The van der Waals surface area contributed by atoms with Crippen LogP contribution in [-0.2, 0) is 0 Å². The van der Waals surface area contributed by atoms with E-state index in [0.29, 0.717) is 20.1 Å². The van der Waals surface area contributed by atoms with Gasteiger partial charge in [0.2, 0.25) is 0 Å². The van der Waals surface area contributed by atoms with Gasteiger partial charge in [0.15, 0.2) is 0 Å². The van der Waals surface area contributed by atoms with Gasteiger partial charge in [0.05, 0.1) is 31.3 Å². The second kappa shape index (κ2) is 6.34. The fourth-order valence-corrected chi connectivity index (χ4v) is 3.40. The van der Waals surface area contributed by atoms with Crippen molar-refractivity contribution in [1.82, 2.24) is 0 Å². The molecule has 6 heteroatoms. The summed E-state index contributed by atoms with van der Waals surface area (Å²) < 4.78 is 0. The molecule has 2 nitrogen and oxygen atoms in total. The van der Waals surface area contributed by atoms with Gasteiger partial charge in [0, 0.05) is 14.1 Å². The van der Waals surface area contributed by atoms with E-state index in [1.165, 1.54) is 0 Å². The molecule has 108 valence electrons. The van der Waals surface area contributed by atoms with Crippen LogP contribution in [0.3, 0.4) is 0 Å². The average molecular weight is 360 g/mol. The van der Waals surface area contributed by atoms with Gasteiger partial charge in [-0.15, -0.1) is 0 Å². The summed E-state index contributed by atoms with van der Waals surface area (Å²) in [4.78, 5) is 1.84. The van der Waals surface area contributed by atoms with E-state index in [0.717, 1.165) is 16.8 Å². The molecule has 0 aliphatic heterocycles. The van der Waals surface area contributed by atoms with Crippen LogP contribution in [-0.4, -0.2) is 14.1 Å². The highest BCUT2D eigenvalue weighted by Gasteiger charge is 2.14. The Labute approximate surface area is 143 Å². The first-order chi connectivity index (χ1) is 9.85. The van der Waals surface area contributed by atoms with Gasteiger partial charge in [-0.3, -0.25) is 0 Å². The minimum absolute atomic E-state index is 0.254. The molecule has 0 heterocycles. The third-order valence-corrected chi connectivity index (χ3v) is 4.12. The van der Waals surface area contributed by atoms with Gasteiger partial charge in [-0.05, 0) is 35.4 Å². The van der Waals surface area contributed by atoms with Crippen LogP contribution in [0.25, 0.3) is 11.1 Å². The third kappa shape index (κ3) is 3.22. The molecule has 0 amide bonds. The molecule has 0 bridgehead atoms. The summed E-state index contributed by atoms with van der Waals surface area (Å²) in [6, 6.07) is 8.88. The highest BCUT2D eigenvalue weighted by molar-refractivity contribution is 6.40. The molecule has 0 spiro atoms. The number of hydrogen-bond donors (Lipinski definition) is 0. The SMILES string of the molecule is CN(C)c1c(Cl)cc(-c2cc(Cl)c(C#N)c(Cl)c2)cc1Cl. The molecular formula is C15H10Cl4N2. The maximum absolute atomic E-state index is 8.98. The van der Waals surface area contributed by atoms with Crippen molar-refractivity contribution in [3.05, 3.63) is 49.9 Å². The smallest absolute Gasteiger partial charge is 0.102 e. The van der Waals surface area contributed by atoms with Crippen molar-refractivity contribution in [1.29, 1.82) is 5.26 Å². The summed E-state index contributed by atoms with van der Waals surface area (Å²) >= 11 is 24.7. The zero-order valence-electron chi connectivity index (χ0n) is 11.2. The van der Waals surface area contributed by atoms with Crippen LogP contribution in [0.5, 0.6) is 0 Å². The second-order valence-corrected chi connectivity index (χ2v) is 6.24. The highest BCUT2D eigenvalue weighted by Crippen LogP contribution is 2.39. The Morgan fingerprint density at radius 2 is 1.19 bits per heavy atom. The quantitative estimate of drug-likeness (QED) is 0.666. The lowest BCUT2D eigenvalue weighted by atomic mass is 10.0. The van der Waals surface area contributed by atoms with Crippen molar-refractivity contribution in [2.45, 2.75) is 0 Å². The molecule has 0 atom stereocenters. The Balaban J connectivity index is 2.62. The standard InChI is InChI=1S/C15H10Cl4N2/c1-21(2)15-13(18)5-9(6-14(15)19)8-3-11(16)10(7-20)12(17)4-8/h3-6H,1-2H3. The first kappa shape index (κ1) is 16.3. The summed E-state index contributed by atoms with van der Waals surface area (Å²) in [5.74, 6) is 0. The van der Waals surface area contributed by atoms with Crippen LogP contribution in [0.15, 0.2) is 24.3 Å². The largest absolute Gasteiger partial charge is 0.375 e. The van der Waals surface area contributed by atoms with Gasteiger partial charge in [-0.1, -0.05) is 46.4 Å². The lowest BCUT2D eigenvalue weighted by Crippen LogP contribution is -2.09. The van der Waals surface area contributed by atoms with Gasteiger partial charge in [0.25, 0.3) is 0 Å². The molecule has 0 N–H and O–H groups in total. The number of hydrogen-bond acceptors (Lipinski definition) is 2. The van der Waals surface area contributed by atoms with E-state index < -0.39 is 0 Å². The minimum Gasteiger partial charge on any atom is -0.375 e. The monoisotopic (exact) mass is 358 g/mol. The summed E-state index contributed by atoms with van der Waals surface area (Å²) in [7, 11) is 3.73. The van der Waals surface area contributed by atoms with Gasteiger partial charge in [-0.25, -0.2) is 0 Å². The number of nitriles is 1. The summed E-state index contributed by atoms with van der Waals surface area (Å²) in [6.07, 6.45) is 0. The Kier molecular flexibility index (Phi) is 4.91. The Morgan fingerprint density at radius 3 is 1.52 bits per heavy atom. The molecule has 0 radical (unpaired) electrons. The maximum atomic E-state index is 8.98. The van der Waals surface area contributed by atoms with Gasteiger partial charge in [-0.2, -0.15) is 5.26 Å². The number of benzene rings is 2. The molecule has 0 aliphatic carbocycles. The lowest BCUT2D eigenvalue weighted by molar-refractivity contribution is 1.13. The molecule has 0 saturated carbocycles. The van der Waals surface area contributed by atoms with Crippen LogP contribution in [0.1, 0.15) is 5.56 Å². The first-order valence-corrected chi connectivity index (χ1v) is 7.42. The molecule has 21 heavy (non-hydrogen) atoms. The van der Waals surface area contributed by atoms with Crippen molar-refractivity contribution in [2.24, 2.45) is 0 Å². The molecule has 2 aromatic rings. The predicted octanol–water partition coefficient (Wildman–Crippen LogP) is 5.90. The Morgan fingerprint density at radius 1 is 0.810 bits per heavy atom. The molecule has 2 aromatic carbocycles. The zero-order chi connectivity index (χ0) is 15.7. The molecule has 0 fully saturated rings. The van der Waals surface area contributed by atoms with E-state index in [4.69, 9.17) is 51.7 Å². The second-order valence-electron chi connectivity index (χ2n) is 4.61. The number of halogens is 4. The zero-order valence-corrected chi connectivity index (χ0v) is 14.2. The van der Waals surface area contributed by atoms with E-state index in [-0.39, 0.29) is 5.56 Å². The lowest BCUT2D eigenvalue weighted by Gasteiger charge is -2.17. The number of nitrogens with zero attached hydrogens (tertiary/aromatic N) is 2. The van der Waals surface area contributed by atoms with E-state index in [1.54, 1.807) is 24.3 Å². The van der Waals surface area contributed by atoms with Crippen molar-refractivity contribution < 1.29 is 0 Å². The van der Waals surface area contributed by atoms with Gasteiger partial charge >= 0.3 is 0 Å². The highest BCUT2D eigenvalue weighted by atomic mass is 35.5. The predicted molar refractivity (Wildman–Crippen MR) is 91.0 cm³/mol. The van der Waals surface area contributed by atoms with Crippen molar-refractivity contribution in [3.63, 3.8) is 0 Å². The fourth-order valence-electron chi connectivity index (χ4n) is 2.01. The Bertz CT molecular complexity index is 702. The molecule has 0 aliphatic rings. The molecular weight excluding hydrogens is 350 g/mol. The molecule has 2 rings (SSSR count). The van der Waals surface area contributed by atoms with Crippen LogP contribution in [0, 0.1) is 11.3 Å². The van der Waals surface area contributed by atoms with E-state index in [1.807, 2.05) is 25.1 Å². The van der Waals surface area contributed by atoms with Crippen molar-refractivity contribution >= 4 is 52.1 Å². The number of anilines is 1. The molecule has 0 saturated heterocycles. The van der Waals surface area contributed by atoms with E-state index >= 15 is 0 Å². The summed E-state index contributed by atoms with van der Waals surface area (Å²) in [5.41, 5.74) is 2.53. The first-order valence-electron chi connectivity index (χ1n) is 5.91. The Hall–Kier alpha value is -1.11. The van der Waals surface area contributed by atoms with Crippen molar-refractivity contribution in [3.8, 4) is 17.2 Å². The topological polar surface area (TPSA) is 27.0 Å².